The van der Waals surface area contributed by atoms with Crippen molar-refractivity contribution in [3.63, 3.8) is 0 Å². The number of nitrogens with one attached hydrogen (secondary N) is 2. The van der Waals surface area contributed by atoms with Crippen LogP contribution in [0.2, 0.25) is 0 Å². The molecule has 6 nitrogen and oxygen atoms in total. The summed E-state index contributed by atoms with van der Waals surface area (Å²) in [6, 6.07) is 3.62. The molecule has 0 radical (unpaired) electrons. The van der Waals surface area contributed by atoms with Gasteiger partial charge >= 0.3 is 0 Å². The van der Waals surface area contributed by atoms with Crippen LogP contribution in [0.5, 0.6) is 0 Å². The Kier molecular flexibility index (Phi) is 2.78. The number of nitrogens with zero attached hydrogens (tertiary/aromatic N) is 2. The maximum atomic E-state index is 11.8. The standard InChI is InChI=1S/C11H13N5O/c1-6-3-8(12)4-7(2)10(6)14-11(17)9-5-13-16-15-9/h3-5H,12H2,1-2H3,(H,14,17)(H,13,15,16). The van der Waals surface area contributed by atoms with Crippen LogP contribution in [-0.2, 0) is 0 Å². The molecule has 0 saturated carbocycles. The first-order valence-corrected chi connectivity index (χ1v) is 5.12. The number of hydrogen-bond donors (Lipinski definition) is 3. The van der Waals surface area contributed by atoms with Crippen LogP contribution in [0.25, 0.3) is 0 Å². The zero-order valence-corrected chi connectivity index (χ0v) is 9.61. The summed E-state index contributed by atoms with van der Waals surface area (Å²) in [5.74, 6) is -0.297. The summed E-state index contributed by atoms with van der Waals surface area (Å²) in [5.41, 5.74) is 9.23. The van der Waals surface area contributed by atoms with E-state index in [2.05, 4.69) is 20.7 Å². The van der Waals surface area contributed by atoms with E-state index in [9.17, 15) is 4.79 Å². The summed E-state index contributed by atoms with van der Waals surface area (Å²) >= 11 is 0. The molecule has 1 heterocycles. The lowest BCUT2D eigenvalue weighted by atomic mass is 10.1. The molecule has 4 N–H and O–H groups in total. The van der Waals surface area contributed by atoms with E-state index >= 15 is 0 Å². The third kappa shape index (κ3) is 2.25. The Morgan fingerprint density at radius 1 is 1.35 bits per heavy atom. The second-order valence-corrected chi connectivity index (χ2v) is 3.84. The number of anilines is 2. The Bertz CT molecular complexity index is 524. The van der Waals surface area contributed by atoms with E-state index in [1.165, 1.54) is 6.20 Å². The van der Waals surface area contributed by atoms with Gasteiger partial charge in [-0.25, -0.2) is 0 Å². The Labute approximate surface area is 98.2 Å². The number of aromatic amines is 1. The van der Waals surface area contributed by atoms with Crippen LogP contribution in [0, 0.1) is 13.8 Å². The zero-order chi connectivity index (χ0) is 12.4. The molecular weight excluding hydrogens is 218 g/mol. The molecule has 0 unspecified atom stereocenters. The Morgan fingerprint density at radius 2 is 2.00 bits per heavy atom. The molecule has 1 aromatic heterocycles. The average Bonchev–Trinajstić information content (AvgIpc) is 2.76. The van der Waals surface area contributed by atoms with Crippen LogP contribution < -0.4 is 11.1 Å². The number of amides is 1. The predicted molar refractivity (Wildman–Crippen MR) is 64.7 cm³/mol. The monoisotopic (exact) mass is 231 g/mol. The molecule has 0 atom stereocenters. The molecule has 6 heteroatoms. The predicted octanol–water partition coefficient (Wildman–Crippen LogP) is 1.26. The highest BCUT2D eigenvalue weighted by Crippen LogP contribution is 2.23. The second-order valence-electron chi connectivity index (χ2n) is 3.84. The number of nitrogen functional groups attached to an aromatic ring is 1. The number of benzene rings is 1. The highest BCUT2D eigenvalue weighted by molar-refractivity contribution is 6.03. The number of carbonyl (C=O) groups is 1. The van der Waals surface area contributed by atoms with E-state index < -0.39 is 0 Å². The lowest BCUT2D eigenvalue weighted by Crippen LogP contribution is -2.14. The van der Waals surface area contributed by atoms with E-state index in [1.807, 2.05) is 26.0 Å². The molecule has 0 aliphatic rings. The first-order valence-electron chi connectivity index (χ1n) is 5.12. The van der Waals surface area contributed by atoms with Crippen LogP contribution >= 0.6 is 0 Å². The number of rotatable bonds is 2. The van der Waals surface area contributed by atoms with Gasteiger partial charge in [0.05, 0.1) is 6.20 Å². The summed E-state index contributed by atoms with van der Waals surface area (Å²) in [6.45, 7) is 3.78. The molecule has 0 aliphatic carbocycles. The molecule has 17 heavy (non-hydrogen) atoms. The van der Waals surface area contributed by atoms with Crippen molar-refractivity contribution >= 4 is 17.3 Å². The van der Waals surface area contributed by atoms with Crippen LogP contribution in [0.15, 0.2) is 18.3 Å². The van der Waals surface area contributed by atoms with Crippen molar-refractivity contribution in [2.75, 3.05) is 11.1 Å². The third-order valence-corrected chi connectivity index (χ3v) is 2.44. The summed E-state index contributed by atoms with van der Waals surface area (Å²) in [7, 11) is 0. The first kappa shape index (κ1) is 11.1. The van der Waals surface area contributed by atoms with Crippen molar-refractivity contribution in [1.29, 1.82) is 0 Å². The van der Waals surface area contributed by atoms with E-state index in [0.717, 1.165) is 16.8 Å². The lowest BCUT2D eigenvalue weighted by Gasteiger charge is -2.11. The van der Waals surface area contributed by atoms with Gasteiger partial charge in [0.1, 0.15) is 0 Å². The van der Waals surface area contributed by atoms with E-state index in [1.54, 1.807) is 0 Å². The number of hydrogen-bond acceptors (Lipinski definition) is 4. The molecule has 88 valence electrons. The molecule has 0 aliphatic heterocycles. The van der Waals surface area contributed by atoms with Crippen molar-refractivity contribution in [3.05, 3.63) is 35.2 Å². The summed E-state index contributed by atoms with van der Waals surface area (Å²) in [4.78, 5) is 11.8. The molecule has 0 spiro atoms. The number of nitrogens with two attached hydrogens (primary N) is 1. The van der Waals surface area contributed by atoms with Crippen molar-refractivity contribution in [1.82, 2.24) is 15.4 Å². The van der Waals surface area contributed by atoms with Gasteiger partial charge in [0.25, 0.3) is 5.91 Å². The Morgan fingerprint density at radius 3 is 2.53 bits per heavy atom. The van der Waals surface area contributed by atoms with Crippen molar-refractivity contribution in [2.24, 2.45) is 0 Å². The fourth-order valence-corrected chi connectivity index (χ4v) is 1.68. The molecule has 0 bridgehead atoms. The smallest absolute Gasteiger partial charge is 0.277 e. The van der Waals surface area contributed by atoms with Gasteiger partial charge in [0, 0.05) is 11.4 Å². The van der Waals surface area contributed by atoms with Crippen molar-refractivity contribution < 1.29 is 4.79 Å². The fourth-order valence-electron chi connectivity index (χ4n) is 1.68. The minimum Gasteiger partial charge on any atom is -0.399 e. The maximum Gasteiger partial charge on any atom is 0.277 e. The summed E-state index contributed by atoms with van der Waals surface area (Å²) in [6.07, 6.45) is 1.37. The molecule has 2 aromatic rings. The van der Waals surface area contributed by atoms with Gasteiger partial charge in [-0.1, -0.05) is 0 Å². The van der Waals surface area contributed by atoms with Gasteiger partial charge in [-0.2, -0.15) is 15.4 Å². The molecule has 0 saturated heterocycles. The number of H-pyrrole nitrogens is 1. The van der Waals surface area contributed by atoms with Crippen LogP contribution in [-0.4, -0.2) is 21.3 Å². The van der Waals surface area contributed by atoms with Crippen LogP contribution in [0.3, 0.4) is 0 Å². The molecule has 1 aromatic carbocycles. The van der Waals surface area contributed by atoms with Gasteiger partial charge < -0.3 is 11.1 Å². The fraction of sp³-hybridized carbons (Fsp3) is 0.182. The first-order chi connectivity index (χ1) is 8.08. The Hall–Kier alpha value is -2.37. The van der Waals surface area contributed by atoms with E-state index in [-0.39, 0.29) is 11.6 Å². The number of carbonyl (C=O) groups excluding carboxylic acids is 1. The zero-order valence-electron chi connectivity index (χ0n) is 9.61. The Balaban J connectivity index is 2.28. The second kappa shape index (κ2) is 4.25. The van der Waals surface area contributed by atoms with Gasteiger partial charge in [0.2, 0.25) is 0 Å². The average molecular weight is 231 g/mol. The normalized spacial score (nSPS) is 10.2. The van der Waals surface area contributed by atoms with Gasteiger partial charge in [-0.15, -0.1) is 0 Å². The molecular formula is C11H13N5O. The highest BCUT2D eigenvalue weighted by Gasteiger charge is 2.12. The van der Waals surface area contributed by atoms with Crippen LogP contribution in [0.4, 0.5) is 11.4 Å². The minimum atomic E-state index is -0.297. The van der Waals surface area contributed by atoms with Crippen molar-refractivity contribution in [3.8, 4) is 0 Å². The number of aryl methyl sites for hydroxylation is 2. The number of aromatic nitrogens is 3. The lowest BCUT2D eigenvalue weighted by molar-refractivity contribution is 0.102. The quantitative estimate of drug-likeness (QED) is 0.678. The van der Waals surface area contributed by atoms with E-state index in [4.69, 9.17) is 5.73 Å². The molecule has 2 rings (SSSR count). The third-order valence-electron chi connectivity index (χ3n) is 2.44. The topological polar surface area (TPSA) is 96.7 Å². The summed E-state index contributed by atoms with van der Waals surface area (Å²) < 4.78 is 0. The highest BCUT2D eigenvalue weighted by atomic mass is 16.2. The maximum absolute atomic E-state index is 11.8. The molecule has 0 fully saturated rings. The largest absolute Gasteiger partial charge is 0.399 e. The minimum absolute atomic E-state index is 0.251. The van der Waals surface area contributed by atoms with Gasteiger partial charge in [-0.05, 0) is 37.1 Å². The SMILES string of the molecule is Cc1cc(N)cc(C)c1NC(=O)c1cn[nH]n1. The molecule has 1 amide bonds. The van der Waals surface area contributed by atoms with Gasteiger partial charge in [0.15, 0.2) is 5.69 Å². The van der Waals surface area contributed by atoms with Crippen LogP contribution in [0.1, 0.15) is 21.6 Å². The van der Waals surface area contributed by atoms with Gasteiger partial charge in [-0.3, -0.25) is 4.79 Å². The summed E-state index contributed by atoms with van der Waals surface area (Å²) in [5, 5.41) is 12.5. The van der Waals surface area contributed by atoms with E-state index in [0.29, 0.717) is 5.69 Å². The van der Waals surface area contributed by atoms with Crippen molar-refractivity contribution in [2.45, 2.75) is 13.8 Å².